The van der Waals surface area contributed by atoms with Gasteiger partial charge in [-0.05, 0) is 38.5 Å². The number of carbonyl (C=O) groups excluding carboxylic acids is 1. The number of hydrogen-bond donors (Lipinski definition) is 1. The molecule has 4 rings (SSSR count). The lowest BCUT2D eigenvalue weighted by atomic mass is 9.79. The van der Waals surface area contributed by atoms with E-state index >= 15 is 0 Å². The van der Waals surface area contributed by atoms with Gasteiger partial charge >= 0.3 is 0 Å². The van der Waals surface area contributed by atoms with Crippen LogP contribution in [0.1, 0.15) is 91.8 Å². The van der Waals surface area contributed by atoms with Crippen molar-refractivity contribution in [1.82, 2.24) is 25.6 Å². The molecule has 0 saturated heterocycles. The normalized spacial score (nSPS) is 18.8. The first-order valence-electron chi connectivity index (χ1n) is 11.5. The fourth-order valence-corrected chi connectivity index (χ4v) is 4.23. The van der Waals surface area contributed by atoms with Gasteiger partial charge in [-0.3, -0.25) is 4.79 Å². The predicted molar refractivity (Wildman–Crippen MR) is 119 cm³/mol. The predicted octanol–water partition coefficient (Wildman–Crippen LogP) is 4.82. The average Bonchev–Trinajstić information content (AvgIpc) is 3.46. The maximum Gasteiger partial charge on any atom is 0.273 e. The van der Waals surface area contributed by atoms with Gasteiger partial charge in [0.15, 0.2) is 11.5 Å². The zero-order chi connectivity index (χ0) is 22.7. The molecule has 1 fully saturated rings. The second-order valence-corrected chi connectivity index (χ2v) is 8.97. The molecule has 32 heavy (non-hydrogen) atoms. The van der Waals surface area contributed by atoms with E-state index in [1.54, 1.807) is 6.07 Å². The van der Waals surface area contributed by atoms with Crippen LogP contribution in [0.3, 0.4) is 0 Å². The van der Waals surface area contributed by atoms with E-state index in [0.29, 0.717) is 24.1 Å². The summed E-state index contributed by atoms with van der Waals surface area (Å²) < 4.78 is 10.7. The number of hydrogen-bond acceptors (Lipinski definition) is 7. The zero-order valence-electron chi connectivity index (χ0n) is 19.2. The molecule has 1 aliphatic carbocycles. The van der Waals surface area contributed by atoms with E-state index in [9.17, 15) is 4.79 Å². The molecule has 8 nitrogen and oxygen atoms in total. The van der Waals surface area contributed by atoms with Crippen LogP contribution in [0.2, 0.25) is 0 Å². The Morgan fingerprint density at radius 3 is 2.56 bits per heavy atom. The van der Waals surface area contributed by atoms with Gasteiger partial charge in [-0.1, -0.05) is 31.1 Å². The molecule has 0 aromatic carbocycles. The smallest absolute Gasteiger partial charge is 0.273 e. The Balaban J connectivity index is 1.41. The van der Waals surface area contributed by atoms with Crippen molar-refractivity contribution in [2.24, 2.45) is 5.92 Å². The average molecular weight is 438 g/mol. The van der Waals surface area contributed by atoms with Crippen LogP contribution in [0.5, 0.6) is 0 Å². The first kappa shape index (κ1) is 22.2. The number of aryl methyl sites for hydroxylation is 2. The maximum atomic E-state index is 12.3. The molecule has 8 heteroatoms. The van der Waals surface area contributed by atoms with E-state index in [2.05, 4.69) is 34.5 Å². The Hall–Kier alpha value is -3.03. The van der Waals surface area contributed by atoms with Gasteiger partial charge in [0.05, 0.1) is 17.0 Å². The highest BCUT2D eigenvalue weighted by Gasteiger charge is 2.28. The summed E-state index contributed by atoms with van der Waals surface area (Å²) >= 11 is 0. The SMILES string of the molecule is CCc1cc(C(=O)NCC2CCC(c3nc(C(C)C)ncc3-c3cc(C)no3)CC2)no1. The van der Waals surface area contributed by atoms with Crippen molar-refractivity contribution in [3.8, 4) is 11.3 Å². The first-order chi connectivity index (χ1) is 15.4. The van der Waals surface area contributed by atoms with Crippen molar-refractivity contribution in [3.05, 3.63) is 47.0 Å². The lowest BCUT2D eigenvalue weighted by molar-refractivity contribution is 0.0933. The summed E-state index contributed by atoms with van der Waals surface area (Å²) in [5.74, 6) is 3.17. The highest BCUT2D eigenvalue weighted by atomic mass is 16.5. The lowest BCUT2D eigenvalue weighted by Crippen LogP contribution is -2.31. The summed E-state index contributed by atoms with van der Waals surface area (Å²) in [6, 6.07) is 3.65. The van der Waals surface area contributed by atoms with Crippen molar-refractivity contribution in [3.63, 3.8) is 0 Å². The lowest BCUT2D eigenvalue weighted by Gasteiger charge is -2.29. The van der Waals surface area contributed by atoms with Gasteiger partial charge in [0.1, 0.15) is 11.6 Å². The second-order valence-electron chi connectivity index (χ2n) is 8.97. The standard InChI is InChI=1S/C24H31N5O3/c1-5-18-11-20(29-31-18)24(30)26-12-16-6-8-17(9-7-16)22-19(21-10-15(4)28-32-21)13-25-23(27-22)14(2)3/h10-11,13-14,16-17H,5-9,12H2,1-4H3,(H,26,30). The maximum absolute atomic E-state index is 12.3. The van der Waals surface area contributed by atoms with Crippen molar-refractivity contribution in [2.45, 2.75) is 71.6 Å². The van der Waals surface area contributed by atoms with Crippen LogP contribution in [-0.2, 0) is 6.42 Å². The van der Waals surface area contributed by atoms with Gasteiger partial charge in [0, 0.05) is 43.1 Å². The topological polar surface area (TPSA) is 107 Å². The first-order valence-corrected chi connectivity index (χ1v) is 11.5. The molecule has 3 aromatic rings. The number of amides is 1. The van der Waals surface area contributed by atoms with Crippen molar-refractivity contribution < 1.29 is 13.8 Å². The quantitative estimate of drug-likeness (QED) is 0.565. The molecule has 1 saturated carbocycles. The van der Waals surface area contributed by atoms with Crippen LogP contribution in [0.25, 0.3) is 11.3 Å². The Morgan fingerprint density at radius 2 is 1.94 bits per heavy atom. The van der Waals surface area contributed by atoms with Crippen molar-refractivity contribution in [2.75, 3.05) is 6.54 Å². The van der Waals surface area contributed by atoms with Gasteiger partial charge in [0.2, 0.25) is 0 Å². The van der Waals surface area contributed by atoms with E-state index in [1.807, 2.05) is 26.1 Å². The molecular weight excluding hydrogens is 406 g/mol. The zero-order valence-corrected chi connectivity index (χ0v) is 19.2. The van der Waals surface area contributed by atoms with Gasteiger partial charge in [-0.2, -0.15) is 0 Å². The molecule has 3 heterocycles. The third-order valence-corrected chi connectivity index (χ3v) is 6.17. The van der Waals surface area contributed by atoms with E-state index in [0.717, 1.165) is 66.4 Å². The number of nitrogens with one attached hydrogen (secondary N) is 1. The summed E-state index contributed by atoms with van der Waals surface area (Å²) in [4.78, 5) is 21.8. The minimum Gasteiger partial charge on any atom is -0.361 e. The third kappa shape index (κ3) is 4.89. The summed E-state index contributed by atoms with van der Waals surface area (Å²) in [6.07, 6.45) is 6.69. The largest absolute Gasteiger partial charge is 0.361 e. The summed E-state index contributed by atoms with van der Waals surface area (Å²) in [5, 5.41) is 10.9. The van der Waals surface area contributed by atoms with E-state index in [1.165, 1.54) is 0 Å². The molecule has 1 amide bonds. The number of carbonyl (C=O) groups is 1. The van der Waals surface area contributed by atoms with E-state index < -0.39 is 0 Å². The molecule has 170 valence electrons. The fourth-order valence-electron chi connectivity index (χ4n) is 4.23. The van der Waals surface area contributed by atoms with Crippen LogP contribution in [0.15, 0.2) is 27.4 Å². The van der Waals surface area contributed by atoms with Gasteiger partial charge < -0.3 is 14.4 Å². The van der Waals surface area contributed by atoms with Crippen LogP contribution in [0.4, 0.5) is 0 Å². The number of nitrogens with zero attached hydrogens (tertiary/aromatic N) is 4. The van der Waals surface area contributed by atoms with E-state index in [-0.39, 0.29) is 11.8 Å². The molecule has 1 aliphatic rings. The molecule has 0 radical (unpaired) electrons. The molecule has 3 aromatic heterocycles. The Bertz CT molecular complexity index is 1060. The minimum atomic E-state index is -0.170. The van der Waals surface area contributed by atoms with E-state index in [4.69, 9.17) is 14.0 Å². The molecule has 1 N–H and O–H groups in total. The third-order valence-electron chi connectivity index (χ3n) is 6.17. The second kappa shape index (κ2) is 9.63. The molecule has 0 bridgehead atoms. The molecular formula is C24H31N5O3. The molecule has 0 aliphatic heterocycles. The van der Waals surface area contributed by atoms with Crippen molar-refractivity contribution in [1.29, 1.82) is 0 Å². The Morgan fingerprint density at radius 1 is 1.16 bits per heavy atom. The number of rotatable bonds is 7. The van der Waals surface area contributed by atoms with Gasteiger partial charge in [-0.25, -0.2) is 9.97 Å². The van der Waals surface area contributed by atoms with Crippen molar-refractivity contribution >= 4 is 5.91 Å². The highest BCUT2D eigenvalue weighted by Crippen LogP contribution is 2.39. The summed E-state index contributed by atoms with van der Waals surface area (Å²) in [6.45, 7) is 8.74. The van der Waals surface area contributed by atoms with Gasteiger partial charge in [0.25, 0.3) is 5.91 Å². The van der Waals surface area contributed by atoms with Crippen LogP contribution < -0.4 is 5.32 Å². The highest BCUT2D eigenvalue weighted by molar-refractivity contribution is 5.92. The summed E-state index contributed by atoms with van der Waals surface area (Å²) in [5.41, 5.74) is 3.18. The minimum absolute atomic E-state index is 0.170. The molecule has 0 atom stereocenters. The summed E-state index contributed by atoms with van der Waals surface area (Å²) in [7, 11) is 0. The van der Waals surface area contributed by atoms with Crippen LogP contribution >= 0.6 is 0 Å². The Kier molecular flexibility index (Phi) is 6.67. The fraction of sp³-hybridized carbons (Fsp3) is 0.542. The Labute approximate surface area is 188 Å². The molecule has 0 unspecified atom stereocenters. The monoisotopic (exact) mass is 437 g/mol. The number of aromatic nitrogens is 4. The van der Waals surface area contributed by atoms with Crippen LogP contribution in [-0.4, -0.2) is 32.7 Å². The molecule has 0 spiro atoms. The van der Waals surface area contributed by atoms with Crippen LogP contribution in [0, 0.1) is 12.8 Å². The van der Waals surface area contributed by atoms with Gasteiger partial charge in [-0.15, -0.1) is 0 Å².